The molecule has 2 heterocycles. The zero-order valence-electron chi connectivity index (χ0n) is 14.9. The molecule has 0 aliphatic rings. The quantitative estimate of drug-likeness (QED) is 0.408. The highest BCUT2D eigenvalue weighted by molar-refractivity contribution is 5.86. The van der Waals surface area contributed by atoms with E-state index in [1.807, 2.05) is 43.5 Å². The predicted molar refractivity (Wildman–Crippen MR) is 105 cm³/mol. The maximum absolute atomic E-state index is 11.9. The first kappa shape index (κ1) is 17.4. The van der Waals surface area contributed by atoms with E-state index in [-0.39, 0.29) is 11.1 Å². The topological polar surface area (TPSA) is 119 Å². The maximum Gasteiger partial charge on any atom is 0.293 e. The van der Waals surface area contributed by atoms with Gasteiger partial charge in [0.25, 0.3) is 11.2 Å². The van der Waals surface area contributed by atoms with Gasteiger partial charge in [0.2, 0.25) is 0 Å². The lowest BCUT2D eigenvalue weighted by Crippen LogP contribution is -2.10. The second-order valence-corrected chi connectivity index (χ2v) is 6.26. The number of hydrogen-bond acceptors (Lipinski definition) is 6. The van der Waals surface area contributed by atoms with Crippen LogP contribution in [0.3, 0.4) is 0 Å². The highest BCUT2D eigenvalue weighted by Crippen LogP contribution is 2.28. The van der Waals surface area contributed by atoms with E-state index in [4.69, 9.17) is 0 Å². The molecule has 0 amide bonds. The molecule has 0 fully saturated rings. The fourth-order valence-electron chi connectivity index (χ4n) is 3.02. The van der Waals surface area contributed by atoms with Gasteiger partial charge in [-0.15, -0.1) is 0 Å². The van der Waals surface area contributed by atoms with Crippen LogP contribution in [-0.2, 0) is 6.54 Å². The van der Waals surface area contributed by atoms with Crippen LogP contribution >= 0.6 is 0 Å². The molecule has 9 nitrogen and oxygen atoms in total. The van der Waals surface area contributed by atoms with E-state index in [1.54, 1.807) is 4.68 Å². The normalized spacial score (nSPS) is 10.9. The highest BCUT2D eigenvalue weighted by atomic mass is 16.6. The van der Waals surface area contributed by atoms with Gasteiger partial charge in [0.15, 0.2) is 0 Å². The zero-order valence-corrected chi connectivity index (χ0v) is 14.9. The summed E-state index contributed by atoms with van der Waals surface area (Å²) in [4.78, 5) is 29.4. The maximum atomic E-state index is 11.9. The predicted octanol–water partition coefficient (Wildman–Crippen LogP) is 2.94. The van der Waals surface area contributed by atoms with Crippen LogP contribution < -0.4 is 10.9 Å². The fourth-order valence-corrected chi connectivity index (χ4v) is 3.02. The van der Waals surface area contributed by atoms with Crippen molar-refractivity contribution in [3.8, 4) is 5.69 Å². The summed E-state index contributed by atoms with van der Waals surface area (Å²) in [7, 11) is 0. The molecule has 0 saturated heterocycles. The number of H-pyrrole nitrogens is 1. The number of fused-ring (bicyclic) bond motifs is 1. The van der Waals surface area contributed by atoms with Crippen molar-refractivity contribution in [2.75, 3.05) is 5.32 Å². The zero-order chi connectivity index (χ0) is 19.7. The number of anilines is 1. The standard InChI is InChI=1S/C19H16N6O3/c1-12-6-7-24(23-12)17-5-3-2-4-13(17)10-20-16-9-15-14(8-18(16)25(27)28)19(26)22-11-21-15/h2-9,11,20H,10H2,1H3,(H,21,22,26). The van der Waals surface area contributed by atoms with Crippen molar-refractivity contribution in [1.29, 1.82) is 0 Å². The van der Waals surface area contributed by atoms with E-state index in [1.165, 1.54) is 18.5 Å². The minimum absolute atomic E-state index is 0.173. The van der Waals surface area contributed by atoms with E-state index in [9.17, 15) is 14.9 Å². The molecule has 2 aromatic carbocycles. The van der Waals surface area contributed by atoms with Crippen molar-refractivity contribution in [3.05, 3.63) is 86.7 Å². The van der Waals surface area contributed by atoms with Crippen LogP contribution in [-0.4, -0.2) is 24.7 Å². The summed E-state index contributed by atoms with van der Waals surface area (Å²) in [5.41, 5.74) is 2.76. The molecule has 0 saturated carbocycles. The molecule has 0 unspecified atom stereocenters. The first-order valence-electron chi connectivity index (χ1n) is 8.53. The molecule has 0 aliphatic heterocycles. The Morgan fingerprint density at radius 1 is 1.25 bits per heavy atom. The van der Waals surface area contributed by atoms with Crippen LogP contribution in [0.1, 0.15) is 11.3 Å². The van der Waals surface area contributed by atoms with Gasteiger partial charge in [0, 0.05) is 18.8 Å². The Morgan fingerprint density at radius 3 is 2.82 bits per heavy atom. The number of rotatable bonds is 5. The van der Waals surface area contributed by atoms with Gasteiger partial charge in [-0.2, -0.15) is 5.10 Å². The Hall–Kier alpha value is -4.01. The third-order valence-corrected chi connectivity index (χ3v) is 4.38. The molecule has 0 atom stereocenters. The first-order chi connectivity index (χ1) is 13.5. The van der Waals surface area contributed by atoms with Crippen LogP contribution in [0.25, 0.3) is 16.6 Å². The third-order valence-electron chi connectivity index (χ3n) is 4.38. The summed E-state index contributed by atoms with van der Waals surface area (Å²) in [6, 6.07) is 12.3. The van der Waals surface area contributed by atoms with Gasteiger partial charge in [-0.1, -0.05) is 18.2 Å². The first-order valence-corrected chi connectivity index (χ1v) is 8.53. The summed E-state index contributed by atoms with van der Waals surface area (Å²) in [5.74, 6) is 0. The molecular weight excluding hydrogens is 360 g/mol. The summed E-state index contributed by atoms with van der Waals surface area (Å²) < 4.78 is 1.77. The molecule has 0 spiro atoms. The Kier molecular flexibility index (Phi) is 4.32. The summed E-state index contributed by atoms with van der Waals surface area (Å²) in [5, 5.41) is 19.2. The fraction of sp³-hybridized carbons (Fsp3) is 0.105. The molecule has 0 aliphatic carbocycles. The minimum atomic E-state index is -0.517. The molecule has 0 radical (unpaired) electrons. The number of benzene rings is 2. The second kappa shape index (κ2) is 6.95. The van der Waals surface area contributed by atoms with Crippen LogP contribution in [0, 0.1) is 17.0 Å². The lowest BCUT2D eigenvalue weighted by Gasteiger charge is -2.12. The van der Waals surface area contributed by atoms with E-state index >= 15 is 0 Å². The van der Waals surface area contributed by atoms with Crippen LogP contribution in [0.15, 0.2) is 59.8 Å². The van der Waals surface area contributed by atoms with Gasteiger partial charge < -0.3 is 10.3 Å². The molecule has 28 heavy (non-hydrogen) atoms. The largest absolute Gasteiger partial charge is 0.375 e. The van der Waals surface area contributed by atoms with Crippen LogP contribution in [0.4, 0.5) is 11.4 Å². The van der Waals surface area contributed by atoms with Crippen molar-refractivity contribution >= 4 is 22.3 Å². The van der Waals surface area contributed by atoms with Crippen molar-refractivity contribution in [1.82, 2.24) is 19.7 Å². The van der Waals surface area contributed by atoms with E-state index in [0.29, 0.717) is 17.7 Å². The van der Waals surface area contributed by atoms with E-state index in [0.717, 1.165) is 16.9 Å². The highest BCUT2D eigenvalue weighted by Gasteiger charge is 2.17. The van der Waals surface area contributed by atoms with Crippen LogP contribution in [0.2, 0.25) is 0 Å². The number of para-hydroxylation sites is 1. The molecule has 9 heteroatoms. The van der Waals surface area contributed by atoms with Crippen molar-refractivity contribution in [2.24, 2.45) is 0 Å². The molecular formula is C19H16N6O3. The van der Waals surface area contributed by atoms with Gasteiger partial charge in [-0.3, -0.25) is 14.9 Å². The number of nitrogens with zero attached hydrogens (tertiary/aromatic N) is 4. The Balaban J connectivity index is 1.71. The van der Waals surface area contributed by atoms with Gasteiger partial charge in [0.05, 0.1) is 33.5 Å². The third kappa shape index (κ3) is 3.20. The van der Waals surface area contributed by atoms with E-state index in [2.05, 4.69) is 20.4 Å². The Labute approximate surface area is 158 Å². The number of nitro groups is 1. The van der Waals surface area contributed by atoms with E-state index < -0.39 is 10.5 Å². The Morgan fingerprint density at radius 2 is 2.07 bits per heavy atom. The van der Waals surface area contributed by atoms with Gasteiger partial charge in [-0.05, 0) is 30.7 Å². The SMILES string of the molecule is Cc1ccn(-c2ccccc2CNc2cc3nc[nH]c(=O)c3cc2[N+](=O)[O-])n1. The number of nitrogens with one attached hydrogen (secondary N) is 2. The van der Waals surface area contributed by atoms with Gasteiger partial charge in [0.1, 0.15) is 5.69 Å². The molecule has 2 N–H and O–H groups in total. The monoisotopic (exact) mass is 376 g/mol. The van der Waals surface area contributed by atoms with Gasteiger partial charge >= 0.3 is 0 Å². The molecule has 0 bridgehead atoms. The summed E-state index contributed by atoms with van der Waals surface area (Å²) >= 11 is 0. The average Bonchev–Trinajstić information content (AvgIpc) is 3.12. The van der Waals surface area contributed by atoms with Crippen molar-refractivity contribution < 1.29 is 4.92 Å². The molecule has 4 aromatic rings. The number of aromatic nitrogens is 4. The molecule has 4 rings (SSSR count). The molecule has 2 aromatic heterocycles. The number of hydrogen-bond donors (Lipinski definition) is 2. The second-order valence-electron chi connectivity index (χ2n) is 6.26. The number of aromatic amines is 1. The lowest BCUT2D eigenvalue weighted by atomic mass is 10.1. The van der Waals surface area contributed by atoms with Crippen molar-refractivity contribution in [3.63, 3.8) is 0 Å². The minimum Gasteiger partial charge on any atom is -0.375 e. The summed E-state index contributed by atoms with van der Waals surface area (Å²) in [6.45, 7) is 2.25. The molecule has 140 valence electrons. The summed E-state index contributed by atoms with van der Waals surface area (Å²) in [6.07, 6.45) is 3.14. The Bertz CT molecular complexity index is 1240. The lowest BCUT2D eigenvalue weighted by molar-refractivity contribution is -0.383. The van der Waals surface area contributed by atoms with Crippen molar-refractivity contribution in [2.45, 2.75) is 13.5 Å². The number of nitro benzene ring substituents is 1. The van der Waals surface area contributed by atoms with Crippen LogP contribution in [0.5, 0.6) is 0 Å². The number of aryl methyl sites for hydroxylation is 1. The average molecular weight is 376 g/mol. The van der Waals surface area contributed by atoms with Gasteiger partial charge in [-0.25, -0.2) is 9.67 Å². The smallest absolute Gasteiger partial charge is 0.293 e.